The zero-order chi connectivity index (χ0) is 14.0. The van der Waals surface area contributed by atoms with Crippen LogP contribution in [0.3, 0.4) is 0 Å². The molecule has 0 saturated heterocycles. The van der Waals surface area contributed by atoms with Gasteiger partial charge in [0.2, 0.25) is 0 Å². The number of pyridine rings is 1. The van der Waals surface area contributed by atoms with Gasteiger partial charge in [-0.15, -0.1) is 0 Å². The third-order valence-corrected chi connectivity index (χ3v) is 2.83. The third kappa shape index (κ3) is 2.49. The van der Waals surface area contributed by atoms with E-state index in [4.69, 9.17) is 10.5 Å². The van der Waals surface area contributed by atoms with E-state index in [9.17, 15) is 9.90 Å². The number of methoxy groups -OCH3 is 1. The van der Waals surface area contributed by atoms with Crippen LogP contribution in [0, 0.1) is 6.92 Å². The van der Waals surface area contributed by atoms with Crippen LogP contribution in [0.1, 0.15) is 16.1 Å². The lowest BCUT2D eigenvalue weighted by molar-refractivity contribution is 0.0691. The summed E-state index contributed by atoms with van der Waals surface area (Å²) in [4.78, 5) is 15.1. The minimum Gasteiger partial charge on any atom is -0.496 e. The molecule has 0 radical (unpaired) electrons. The Morgan fingerprint density at radius 2 is 2.05 bits per heavy atom. The number of aromatic nitrogens is 1. The molecule has 1 aromatic heterocycles. The van der Waals surface area contributed by atoms with E-state index in [2.05, 4.69) is 4.98 Å². The van der Waals surface area contributed by atoms with Gasteiger partial charge >= 0.3 is 5.97 Å². The van der Waals surface area contributed by atoms with Gasteiger partial charge < -0.3 is 15.6 Å². The number of hydrogen-bond donors (Lipinski definition) is 2. The third-order valence-electron chi connectivity index (χ3n) is 2.83. The highest BCUT2D eigenvalue weighted by Gasteiger charge is 2.14. The Balaban J connectivity index is 2.58. The van der Waals surface area contributed by atoms with Crippen molar-refractivity contribution in [1.82, 2.24) is 4.98 Å². The van der Waals surface area contributed by atoms with Crippen molar-refractivity contribution < 1.29 is 14.6 Å². The highest BCUT2D eigenvalue weighted by atomic mass is 16.5. The topological polar surface area (TPSA) is 85.4 Å². The highest BCUT2D eigenvalue weighted by Crippen LogP contribution is 2.28. The molecular formula is C14H14N2O3. The summed E-state index contributed by atoms with van der Waals surface area (Å²) < 4.78 is 5.18. The maximum Gasteiger partial charge on any atom is 0.355 e. The maximum absolute atomic E-state index is 11.2. The second-order valence-electron chi connectivity index (χ2n) is 4.12. The van der Waals surface area contributed by atoms with Crippen LogP contribution in [0.15, 0.2) is 30.3 Å². The first kappa shape index (κ1) is 12.9. The van der Waals surface area contributed by atoms with E-state index < -0.39 is 5.97 Å². The molecule has 1 heterocycles. The number of carboxylic acid groups (broad SMARTS) is 1. The number of nitrogens with two attached hydrogens (primary N) is 1. The number of aromatic carboxylic acids is 1. The number of rotatable bonds is 3. The molecule has 0 atom stereocenters. The first-order chi connectivity index (χ1) is 9.02. The van der Waals surface area contributed by atoms with Crippen molar-refractivity contribution in [3.8, 4) is 16.9 Å². The van der Waals surface area contributed by atoms with Crippen molar-refractivity contribution in [2.75, 3.05) is 12.8 Å². The first-order valence-corrected chi connectivity index (χ1v) is 5.67. The number of nitrogens with zero attached hydrogens (tertiary/aromatic N) is 1. The molecule has 19 heavy (non-hydrogen) atoms. The van der Waals surface area contributed by atoms with Crippen molar-refractivity contribution in [3.63, 3.8) is 0 Å². The minimum absolute atomic E-state index is 0.0513. The highest BCUT2D eigenvalue weighted by molar-refractivity contribution is 5.94. The molecule has 0 bridgehead atoms. The van der Waals surface area contributed by atoms with E-state index in [1.54, 1.807) is 31.4 Å². The molecule has 0 unspecified atom stereocenters. The minimum atomic E-state index is -1.10. The van der Waals surface area contributed by atoms with Crippen LogP contribution in [0.5, 0.6) is 5.75 Å². The maximum atomic E-state index is 11.2. The average molecular weight is 258 g/mol. The number of ether oxygens (including phenoxy) is 1. The molecule has 0 amide bonds. The normalized spacial score (nSPS) is 10.2. The summed E-state index contributed by atoms with van der Waals surface area (Å²) in [6.45, 7) is 1.90. The lowest BCUT2D eigenvalue weighted by Gasteiger charge is -2.09. The van der Waals surface area contributed by atoms with Crippen LogP contribution in [0.2, 0.25) is 0 Å². The fourth-order valence-electron chi connectivity index (χ4n) is 1.92. The van der Waals surface area contributed by atoms with Crippen molar-refractivity contribution >= 4 is 11.8 Å². The number of benzene rings is 1. The standard InChI is InChI=1S/C14H14N2O3/c1-8-7-9(3-5-11(8)19-2)10-4-6-12(15)16-13(10)14(17)18/h3-7H,1-2H3,(H2,15,16)(H,17,18). The van der Waals surface area contributed by atoms with Crippen LogP contribution < -0.4 is 10.5 Å². The molecule has 0 aliphatic heterocycles. The van der Waals surface area contributed by atoms with E-state index in [1.165, 1.54) is 0 Å². The molecule has 98 valence electrons. The summed E-state index contributed by atoms with van der Waals surface area (Å²) in [6.07, 6.45) is 0. The number of aryl methyl sites for hydroxylation is 1. The van der Waals surface area contributed by atoms with Crippen LogP contribution in [-0.2, 0) is 0 Å². The van der Waals surface area contributed by atoms with Crippen LogP contribution in [0.25, 0.3) is 11.1 Å². The van der Waals surface area contributed by atoms with Gasteiger partial charge in [0.25, 0.3) is 0 Å². The van der Waals surface area contributed by atoms with Gasteiger partial charge in [-0.3, -0.25) is 0 Å². The van der Waals surface area contributed by atoms with Gasteiger partial charge in [-0.25, -0.2) is 9.78 Å². The molecule has 0 aliphatic rings. The van der Waals surface area contributed by atoms with Gasteiger partial charge in [-0.05, 0) is 42.3 Å². The predicted octanol–water partition coefficient (Wildman–Crippen LogP) is 2.35. The molecule has 2 rings (SSSR count). The molecule has 0 saturated carbocycles. The summed E-state index contributed by atoms with van der Waals surface area (Å²) >= 11 is 0. The Morgan fingerprint density at radius 3 is 2.63 bits per heavy atom. The Kier molecular flexibility index (Phi) is 3.37. The molecule has 2 aromatic rings. The van der Waals surface area contributed by atoms with Crippen LogP contribution in [0.4, 0.5) is 5.82 Å². The Labute approximate surface area is 110 Å². The van der Waals surface area contributed by atoms with Gasteiger partial charge in [0, 0.05) is 5.56 Å². The van der Waals surface area contributed by atoms with Gasteiger partial charge in [0.1, 0.15) is 11.6 Å². The van der Waals surface area contributed by atoms with E-state index in [-0.39, 0.29) is 11.5 Å². The molecule has 3 N–H and O–H groups in total. The zero-order valence-corrected chi connectivity index (χ0v) is 10.7. The van der Waals surface area contributed by atoms with E-state index in [0.29, 0.717) is 5.56 Å². The van der Waals surface area contributed by atoms with E-state index >= 15 is 0 Å². The Hall–Kier alpha value is -2.56. The monoisotopic (exact) mass is 258 g/mol. The largest absolute Gasteiger partial charge is 0.496 e. The van der Waals surface area contributed by atoms with E-state index in [1.807, 2.05) is 13.0 Å². The lowest BCUT2D eigenvalue weighted by atomic mass is 10.0. The average Bonchev–Trinajstić information content (AvgIpc) is 2.38. The predicted molar refractivity (Wildman–Crippen MR) is 72.3 cm³/mol. The molecule has 5 nitrogen and oxygen atoms in total. The summed E-state index contributed by atoms with van der Waals surface area (Å²) in [7, 11) is 1.59. The summed E-state index contributed by atoms with van der Waals surface area (Å²) in [5.41, 5.74) is 7.70. The quantitative estimate of drug-likeness (QED) is 0.882. The molecule has 0 aliphatic carbocycles. The van der Waals surface area contributed by atoms with Crippen molar-refractivity contribution in [2.45, 2.75) is 6.92 Å². The van der Waals surface area contributed by atoms with Crippen molar-refractivity contribution in [3.05, 3.63) is 41.6 Å². The fourth-order valence-corrected chi connectivity index (χ4v) is 1.92. The molecular weight excluding hydrogens is 244 g/mol. The smallest absolute Gasteiger partial charge is 0.355 e. The fraction of sp³-hybridized carbons (Fsp3) is 0.143. The van der Waals surface area contributed by atoms with Crippen LogP contribution >= 0.6 is 0 Å². The molecule has 0 fully saturated rings. The van der Waals surface area contributed by atoms with Crippen molar-refractivity contribution in [1.29, 1.82) is 0 Å². The van der Waals surface area contributed by atoms with Gasteiger partial charge in [-0.2, -0.15) is 0 Å². The molecule has 0 spiro atoms. The lowest BCUT2D eigenvalue weighted by Crippen LogP contribution is -2.05. The first-order valence-electron chi connectivity index (χ1n) is 5.67. The van der Waals surface area contributed by atoms with Gasteiger partial charge in [0.15, 0.2) is 5.69 Å². The number of nitrogen functional groups attached to an aromatic ring is 1. The number of anilines is 1. The van der Waals surface area contributed by atoms with Gasteiger partial charge in [-0.1, -0.05) is 6.07 Å². The molecule has 1 aromatic carbocycles. The second kappa shape index (κ2) is 4.97. The number of carbonyl (C=O) groups is 1. The number of hydrogen-bond acceptors (Lipinski definition) is 4. The van der Waals surface area contributed by atoms with Crippen LogP contribution in [-0.4, -0.2) is 23.2 Å². The second-order valence-corrected chi connectivity index (χ2v) is 4.12. The zero-order valence-electron chi connectivity index (χ0n) is 10.7. The Bertz CT molecular complexity index is 639. The summed E-state index contributed by atoms with van der Waals surface area (Å²) in [5, 5.41) is 9.18. The summed E-state index contributed by atoms with van der Waals surface area (Å²) in [6, 6.07) is 8.70. The van der Waals surface area contributed by atoms with Gasteiger partial charge in [0.05, 0.1) is 7.11 Å². The number of carboxylic acids is 1. The summed E-state index contributed by atoms with van der Waals surface area (Å²) in [5.74, 6) is -0.161. The van der Waals surface area contributed by atoms with Crippen molar-refractivity contribution in [2.24, 2.45) is 0 Å². The SMILES string of the molecule is COc1ccc(-c2ccc(N)nc2C(=O)O)cc1C. The Morgan fingerprint density at radius 1 is 1.32 bits per heavy atom. The van der Waals surface area contributed by atoms with E-state index in [0.717, 1.165) is 16.9 Å². The molecule has 5 heteroatoms.